The first-order chi connectivity index (χ1) is 11.2. The topological polar surface area (TPSA) is 55.4 Å². The van der Waals surface area contributed by atoms with Gasteiger partial charge in [0, 0.05) is 18.0 Å². The summed E-state index contributed by atoms with van der Waals surface area (Å²) < 4.78 is 5.68. The van der Waals surface area contributed by atoms with Crippen LogP contribution in [0.15, 0.2) is 30.3 Å². The predicted octanol–water partition coefficient (Wildman–Crippen LogP) is 3.66. The third kappa shape index (κ3) is 4.23. The lowest BCUT2D eigenvalue weighted by molar-refractivity contribution is -0.163. The van der Waals surface area contributed by atoms with Crippen molar-refractivity contribution in [3.63, 3.8) is 0 Å². The van der Waals surface area contributed by atoms with Crippen LogP contribution in [0.2, 0.25) is 0 Å². The van der Waals surface area contributed by atoms with Gasteiger partial charge in [0.05, 0.1) is 5.92 Å². The Hall–Kier alpha value is -1.68. The van der Waals surface area contributed by atoms with Gasteiger partial charge in [0.15, 0.2) is 0 Å². The lowest BCUT2D eigenvalue weighted by atomic mass is 9.77. The van der Waals surface area contributed by atoms with Crippen LogP contribution in [0.3, 0.4) is 0 Å². The molecule has 1 fully saturated rings. The molecule has 0 bridgehead atoms. The Balaban J connectivity index is 2.35. The van der Waals surface area contributed by atoms with Gasteiger partial charge in [0.25, 0.3) is 0 Å². The first-order valence-corrected chi connectivity index (χ1v) is 8.65. The summed E-state index contributed by atoms with van der Waals surface area (Å²) >= 11 is 0. The predicted molar refractivity (Wildman–Crippen MR) is 94.5 cm³/mol. The van der Waals surface area contributed by atoms with E-state index >= 15 is 0 Å². The highest BCUT2D eigenvalue weighted by Gasteiger charge is 2.52. The van der Waals surface area contributed by atoms with E-state index in [-0.39, 0.29) is 23.8 Å². The van der Waals surface area contributed by atoms with Gasteiger partial charge in [0.1, 0.15) is 11.9 Å². The van der Waals surface area contributed by atoms with Crippen LogP contribution >= 0.6 is 0 Å². The lowest BCUT2D eigenvalue weighted by Crippen LogP contribution is -2.45. The Morgan fingerprint density at radius 1 is 1.25 bits per heavy atom. The van der Waals surface area contributed by atoms with Crippen molar-refractivity contribution >= 4 is 12.3 Å². The van der Waals surface area contributed by atoms with E-state index in [9.17, 15) is 9.59 Å². The third-order valence-electron chi connectivity index (χ3n) is 4.60. The van der Waals surface area contributed by atoms with Gasteiger partial charge in [-0.15, -0.1) is 0 Å². The van der Waals surface area contributed by atoms with Gasteiger partial charge >= 0.3 is 5.97 Å². The molecule has 1 aromatic carbocycles. The molecule has 0 radical (unpaired) electrons. The summed E-state index contributed by atoms with van der Waals surface area (Å²) in [6.45, 7) is 9.73. The van der Waals surface area contributed by atoms with Crippen molar-refractivity contribution in [2.45, 2.75) is 64.6 Å². The van der Waals surface area contributed by atoms with Crippen LogP contribution in [0.25, 0.3) is 0 Å². The molecule has 0 aromatic heterocycles. The first kappa shape index (κ1) is 18.7. The molecule has 0 aliphatic carbocycles. The molecular weight excluding hydrogens is 302 g/mol. The zero-order valence-corrected chi connectivity index (χ0v) is 15.3. The smallest absolute Gasteiger partial charge is 0.311 e. The molecule has 2 rings (SSSR count). The monoisotopic (exact) mass is 331 g/mol. The van der Waals surface area contributed by atoms with E-state index in [1.165, 1.54) is 0 Å². The van der Waals surface area contributed by atoms with Crippen LogP contribution in [0.5, 0.6) is 0 Å². The van der Waals surface area contributed by atoms with Gasteiger partial charge in [-0.25, -0.2) is 0 Å². The molecule has 132 valence electrons. The summed E-state index contributed by atoms with van der Waals surface area (Å²) in [7, 11) is 0. The van der Waals surface area contributed by atoms with E-state index in [2.05, 4.69) is 17.4 Å². The van der Waals surface area contributed by atoms with Crippen LogP contribution < -0.4 is 5.32 Å². The van der Waals surface area contributed by atoms with Crippen molar-refractivity contribution < 1.29 is 14.3 Å². The first-order valence-electron chi connectivity index (χ1n) is 8.65. The number of benzene rings is 1. The summed E-state index contributed by atoms with van der Waals surface area (Å²) in [5.74, 6) is -0.446. The number of carbonyl (C=O) groups excluding carboxylic acids is 2. The fraction of sp³-hybridized carbons (Fsp3) is 0.600. The molecule has 1 saturated heterocycles. The molecule has 0 amide bonds. The number of rotatable bonds is 5. The Bertz CT molecular complexity index is 574. The van der Waals surface area contributed by atoms with Crippen molar-refractivity contribution in [2.75, 3.05) is 0 Å². The Kier molecular flexibility index (Phi) is 5.49. The van der Waals surface area contributed by atoms with E-state index in [4.69, 9.17) is 4.74 Å². The van der Waals surface area contributed by atoms with E-state index < -0.39 is 11.1 Å². The summed E-state index contributed by atoms with van der Waals surface area (Å²) in [6.07, 6.45) is 2.05. The van der Waals surface area contributed by atoms with E-state index in [1.54, 1.807) is 0 Å². The van der Waals surface area contributed by atoms with Crippen LogP contribution in [-0.2, 0) is 14.3 Å². The minimum atomic E-state index is -0.521. The summed E-state index contributed by atoms with van der Waals surface area (Å²) in [6, 6.07) is 10.2. The second kappa shape index (κ2) is 7.06. The minimum Gasteiger partial charge on any atom is -0.460 e. The third-order valence-corrected chi connectivity index (χ3v) is 4.60. The maximum Gasteiger partial charge on any atom is 0.311 e. The normalized spacial score (nSPS) is 26.1. The number of hydrogen-bond acceptors (Lipinski definition) is 4. The fourth-order valence-electron chi connectivity index (χ4n) is 3.74. The molecule has 1 N–H and O–H groups in total. The largest absolute Gasteiger partial charge is 0.460 e. The highest BCUT2D eigenvalue weighted by atomic mass is 16.6. The average Bonchev–Trinajstić information content (AvgIpc) is 2.75. The van der Waals surface area contributed by atoms with Crippen molar-refractivity contribution in [3.05, 3.63) is 35.9 Å². The van der Waals surface area contributed by atoms with Crippen molar-refractivity contribution in [1.82, 2.24) is 5.32 Å². The van der Waals surface area contributed by atoms with E-state index in [0.717, 1.165) is 11.8 Å². The molecule has 1 aliphatic heterocycles. The number of ether oxygens (including phenoxy) is 1. The molecular formula is C20H29NO3. The van der Waals surface area contributed by atoms with Crippen LogP contribution in [0, 0.1) is 11.8 Å². The minimum absolute atomic E-state index is 0.0300. The lowest BCUT2D eigenvalue weighted by Gasteiger charge is -2.31. The standard InChI is InChI=1S/C20H29NO3/c1-19(2,3)24-18(23)16-15(12-9-13-22)17(21-20(16,4)5)14-10-7-6-8-11-14/h6-8,10-11,13,15-17,21H,9,12H2,1-5H3/t15-,16?,17+/m1/s1. The number of carbonyl (C=O) groups is 2. The molecule has 1 unspecified atom stereocenters. The molecule has 1 aliphatic rings. The fourth-order valence-corrected chi connectivity index (χ4v) is 3.74. The molecule has 0 spiro atoms. The van der Waals surface area contributed by atoms with Crippen LogP contribution in [-0.4, -0.2) is 23.4 Å². The van der Waals surface area contributed by atoms with Gasteiger partial charge in [0.2, 0.25) is 0 Å². The van der Waals surface area contributed by atoms with Crippen LogP contribution in [0.4, 0.5) is 0 Å². The molecule has 24 heavy (non-hydrogen) atoms. The molecule has 4 heteroatoms. The average molecular weight is 331 g/mol. The second-order valence-electron chi connectivity index (χ2n) is 8.17. The summed E-state index contributed by atoms with van der Waals surface area (Å²) in [5, 5.41) is 3.61. The number of esters is 1. The number of hydrogen-bond donors (Lipinski definition) is 1. The second-order valence-corrected chi connectivity index (χ2v) is 8.17. The zero-order valence-electron chi connectivity index (χ0n) is 15.3. The Morgan fingerprint density at radius 3 is 2.42 bits per heavy atom. The van der Waals surface area contributed by atoms with E-state index in [1.807, 2.05) is 52.8 Å². The number of nitrogens with one attached hydrogen (secondary N) is 1. The molecule has 0 saturated carbocycles. The Morgan fingerprint density at radius 2 is 1.88 bits per heavy atom. The summed E-state index contributed by atoms with van der Waals surface area (Å²) in [4.78, 5) is 23.8. The number of aldehydes is 1. The molecule has 3 atom stereocenters. The van der Waals surface area contributed by atoms with Gasteiger partial charge in [-0.2, -0.15) is 0 Å². The quantitative estimate of drug-likeness (QED) is 0.661. The Labute approximate surface area is 145 Å². The van der Waals surface area contributed by atoms with Gasteiger partial charge in [-0.1, -0.05) is 30.3 Å². The SMILES string of the molecule is CC(C)(C)OC(=O)C1[C@@H](CCC=O)[C@H](c2ccccc2)NC1(C)C. The highest BCUT2D eigenvalue weighted by Crippen LogP contribution is 2.45. The van der Waals surface area contributed by atoms with Crippen molar-refractivity contribution in [3.8, 4) is 0 Å². The highest BCUT2D eigenvalue weighted by molar-refractivity contribution is 5.76. The maximum absolute atomic E-state index is 12.9. The maximum atomic E-state index is 12.9. The van der Waals surface area contributed by atoms with E-state index in [0.29, 0.717) is 12.8 Å². The van der Waals surface area contributed by atoms with Gasteiger partial charge in [-0.3, -0.25) is 4.79 Å². The molecule has 1 aromatic rings. The zero-order chi connectivity index (χ0) is 18.0. The van der Waals surface area contributed by atoms with Crippen molar-refractivity contribution in [2.24, 2.45) is 11.8 Å². The molecule has 1 heterocycles. The van der Waals surface area contributed by atoms with Crippen LogP contribution in [0.1, 0.15) is 59.1 Å². The molecule has 4 nitrogen and oxygen atoms in total. The summed E-state index contributed by atoms with van der Waals surface area (Å²) in [5.41, 5.74) is 0.233. The van der Waals surface area contributed by atoms with Crippen molar-refractivity contribution in [1.29, 1.82) is 0 Å². The van der Waals surface area contributed by atoms with Gasteiger partial charge in [-0.05, 0) is 52.5 Å². The van der Waals surface area contributed by atoms with Gasteiger partial charge < -0.3 is 14.8 Å².